The highest BCUT2D eigenvalue weighted by atomic mass is 16.6. The van der Waals surface area contributed by atoms with Crippen LogP contribution >= 0.6 is 0 Å². The molecule has 0 saturated heterocycles. The van der Waals surface area contributed by atoms with Crippen molar-refractivity contribution in [1.82, 2.24) is 0 Å². The third-order valence-electron chi connectivity index (χ3n) is 9.75. The Labute approximate surface area is 204 Å². The first kappa shape index (κ1) is 25.4. The van der Waals surface area contributed by atoms with E-state index in [1.807, 2.05) is 6.92 Å². The van der Waals surface area contributed by atoms with E-state index in [9.17, 15) is 14.4 Å². The Bertz CT molecular complexity index is 863. The lowest BCUT2D eigenvalue weighted by atomic mass is 9.47. The first-order chi connectivity index (χ1) is 16.0. The number of rotatable bonds is 6. The highest BCUT2D eigenvalue weighted by molar-refractivity contribution is 5.80. The number of hydrogen-bond donors (Lipinski definition) is 0. The van der Waals surface area contributed by atoms with Gasteiger partial charge in [0.05, 0.1) is 12.7 Å². The molecule has 0 N–H and O–H groups in total. The van der Waals surface area contributed by atoms with Gasteiger partial charge in [-0.1, -0.05) is 25.5 Å². The van der Waals surface area contributed by atoms with E-state index in [4.69, 9.17) is 14.2 Å². The second-order valence-electron chi connectivity index (χ2n) is 11.9. The van der Waals surface area contributed by atoms with Gasteiger partial charge in [-0.2, -0.15) is 0 Å². The first-order valence-corrected chi connectivity index (χ1v) is 13.1. The highest BCUT2D eigenvalue weighted by Crippen LogP contribution is 2.66. The smallest absolute Gasteiger partial charge is 0.302 e. The van der Waals surface area contributed by atoms with Gasteiger partial charge in [0.1, 0.15) is 18.0 Å². The molecule has 6 heteroatoms. The molecule has 0 bridgehead atoms. The molecule has 190 valence electrons. The van der Waals surface area contributed by atoms with Crippen LogP contribution < -0.4 is 0 Å². The number of fused-ring (bicyclic) bond motifs is 5. The van der Waals surface area contributed by atoms with Crippen LogP contribution in [0.2, 0.25) is 0 Å². The van der Waals surface area contributed by atoms with Crippen molar-refractivity contribution in [2.75, 3.05) is 6.61 Å². The quantitative estimate of drug-likeness (QED) is 0.397. The van der Waals surface area contributed by atoms with Gasteiger partial charge in [0, 0.05) is 26.2 Å². The van der Waals surface area contributed by atoms with Crippen molar-refractivity contribution in [1.29, 1.82) is 0 Å². The van der Waals surface area contributed by atoms with Gasteiger partial charge in [-0.25, -0.2) is 0 Å². The normalized spacial score (nSPS) is 41.9. The molecule has 9 atom stereocenters. The van der Waals surface area contributed by atoms with E-state index in [1.54, 1.807) is 6.92 Å². The molecule has 0 aromatic carbocycles. The van der Waals surface area contributed by atoms with Crippen molar-refractivity contribution in [3.05, 3.63) is 11.6 Å². The number of ketones is 1. The van der Waals surface area contributed by atoms with E-state index in [0.717, 1.165) is 44.9 Å². The van der Waals surface area contributed by atoms with E-state index in [0.29, 0.717) is 24.4 Å². The van der Waals surface area contributed by atoms with Crippen molar-refractivity contribution in [3.8, 4) is 0 Å². The molecule has 0 aromatic heterocycles. The number of hydrogen-bond acceptors (Lipinski definition) is 6. The second-order valence-corrected chi connectivity index (χ2v) is 11.9. The fraction of sp³-hybridized carbons (Fsp3) is 0.821. The first-order valence-electron chi connectivity index (χ1n) is 13.1. The summed E-state index contributed by atoms with van der Waals surface area (Å²) in [7, 11) is 0. The molecule has 4 aliphatic carbocycles. The van der Waals surface area contributed by atoms with Crippen LogP contribution in [0.25, 0.3) is 0 Å². The third-order valence-corrected chi connectivity index (χ3v) is 9.75. The standard InChI is InChI=1S/C28H42O6/c1-16(33-18(3)30)15-32-25-14-24-22-8-7-20-13-21(34-19(4)31)9-11-27(20,5)23(22)10-12-28(24,6)26(25)17(2)29/h7,16,21-26H,8-15H2,1-6H3/t16?,21-,22+,23-,24-,25+,26-,27-,28-/m0/s1. The summed E-state index contributed by atoms with van der Waals surface area (Å²) in [4.78, 5) is 35.7. The molecule has 0 heterocycles. The summed E-state index contributed by atoms with van der Waals surface area (Å²) in [5.41, 5.74) is 1.56. The van der Waals surface area contributed by atoms with Crippen LogP contribution in [0.1, 0.15) is 86.5 Å². The summed E-state index contributed by atoms with van der Waals surface area (Å²) in [6, 6.07) is 0. The molecule has 0 amide bonds. The fourth-order valence-electron chi connectivity index (χ4n) is 8.42. The van der Waals surface area contributed by atoms with Crippen LogP contribution in [0.4, 0.5) is 0 Å². The van der Waals surface area contributed by atoms with Crippen molar-refractivity contribution in [3.63, 3.8) is 0 Å². The predicted octanol–water partition coefficient (Wildman–Crippen LogP) is 5.03. The SMILES string of the molecule is CC(=O)OC(C)CO[C@@H]1C[C@H]2[C@@H]3CC=C4C[C@@H](OC(C)=O)CC[C@]4(C)[C@H]3CC[C@]2(C)[C@H]1C(C)=O. The highest BCUT2D eigenvalue weighted by Gasteiger charge is 2.62. The maximum Gasteiger partial charge on any atom is 0.302 e. The summed E-state index contributed by atoms with van der Waals surface area (Å²) in [5, 5.41) is 0. The molecular formula is C28H42O6. The minimum atomic E-state index is -0.320. The summed E-state index contributed by atoms with van der Waals surface area (Å²) < 4.78 is 17.1. The molecule has 1 unspecified atom stereocenters. The largest absolute Gasteiger partial charge is 0.462 e. The Hall–Kier alpha value is -1.69. The van der Waals surface area contributed by atoms with Gasteiger partial charge in [-0.05, 0) is 81.0 Å². The van der Waals surface area contributed by atoms with Crippen molar-refractivity contribution in [2.45, 2.75) is 105 Å². The summed E-state index contributed by atoms with van der Waals surface area (Å²) in [6.45, 7) is 11.5. The zero-order valence-electron chi connectivity index (χ0n) is 21.7. The van der Waals surface area contributed by atoms with E-state index in [2.05, 4.69) is 19.9 Å². The lowest BCUT2D eigenvalue weighted by Gasteiger charge is -2.57. The van der Waals surface area contributed by atoms with Gasteiger partial charge in [0.2, 0.25) is 0 Å². The zero-order valence-corrected chi connectivity index (χ0v) is 21.7. The Morgan fingerprint density at radius 3 is 2.44 bits per heavy atom. The number of Topliss-reactive ketones (excluding diaryl/α,β-unsaturated/α-hetero) is 1. The molecule has 3 saturated carbocycles. The minimum absolute atomic E-state index is 0.00722. The van der Waals surface area contributed by atoms with E-state index in [1.165, 1.54) is 19.4 Å². The molecule has 3 fully saturated rings. The fourth-order valence-corrected chi connectivity index (χ4v) is 8.42. The molecule has 34 heavy (non-hydrogen) atoms. The average Bonchev–Trinajstić information content (AvgIpc) is 3.04. The Kier molecular flexibility index (Phi) is 7.03. The Balaban J connectivity index is 1.54. The molecule has 0 aromatic rings. The van der Waals surface area contributed by atoms with Crippen LogP contribution in [0, 0.1) is 34.5 Å². The maximum absolute atomic E-state index is 12.9. The number of ether oxygens (including phenoxy) is 3. The van der Waals surface area contributed by atoms with Crippen molar-refractivity contribution < 1.29 is 28.6 Å². The van der Waals surface area contributed by atoms with Gasteiger partial charge in [0.15, 0.2) is 0 Å². The number of carbonyl (C=O) groups excluding carboxylic acids is 3. The molecular weight excluding hydrogens is 432 g/mol. The van der Waals surface area contributed by atoms with Gasteiger partial charge in [-0.15, -0.1) is 0 Å². The number of allylic oxidation sites excluding steroid dienone is 1. The minimum Gasteiger partial charge on any atom is -0.462 e. The predicted molar refractivity (Wildman–Crippen MR) is 128 cm³/mol. The molecule has 4 aliphatic rings. The van der Waals surface area contributed by atoms with Crippen molar-refractivity contribution in [2.24, 2.45) is 34.5 Å². The van der Waals surface area contributed by atoms with Gasteiger partial charge in [-0.3, -0.25) is 14.4 Å². The average molecular weight is 475 g/mol. The second kappa shape index (κ2) is 9.40. The molecule has 4 rings (SSSR count). The van der Waals surface area contributed by atoms with Gasteiger partial charge < -0.3 is 14.2 Å². The molecule has 0 aliphatic heterocycles. The van der Waals surface area contributed by atoms with E-state index in [-0.39, 0.29) is 52.8 Å². The number of esters is 2. The Morgan fingerprint density at radius 2 is 1.79 bits per heavy atom. The van der Waals surface area contributed by atoms with Crippen LogP contribution in [0.15, 0.2) is 11.6 Å². The van der Waals surface area contributed by atoms with Gasteiger partial charge >= 0.3 is 11.9 Å². The number of carbonyl (C=O) groups is 3. The Morgan fingerprint density at radius 1 is 1.06 bits per heavy atom. The summed E-state index contributed by atoms with van der Waals surface area (Å²) in [6.07, 6.45) is 8.93. The topological polar surface area (TPSA) is 78.9 Å². The van der Waals surface area contributed by atoms with E-state index < -0.39 is 0 Å². The summed E-state index contributed by atoms with van der Waals surface area (Å²) >= 11 is 0. The maximum atomic E-state index is 12.9. The van der Waals surface area contributed by atoms with Gasteiger partial charge in [0.25, 0.3) is 0 Å². The molecule has 6 nitrogen and oxygen atoms in total. The van der Waals surface area contributed by atoms with Crippen molar-refractivity contribution >= 4 is 17.7 Å². The van der Waals surface area contributed by atoms with Crippen LogP contribution in [-0.4, -0.2) is 42.6 Å². The third kappa shape index (κ3) is 4.47. The monoisotopic (exact) mass is 474 g/mol. The van der Waals surface area contributed by atoms with Crippen LogP contribution in [0.3, 0.4) is 0 Å². The van der Waals surface area contributed by atoms with Crippen LogP contribution in [0.5, 0.6) is 0 Å². The zero-order chi connectivity index (χ0) is 24.8. The van der Waals surface area contributed by atoms with Crippen LogP contribution in [-0.2, 0) is 28.6 Å². The molecule has 0 radical (unpaired) electrons. The van der Waals surface area contributed by atoms with E-state index >= 15 is 0 Å². The lowest BCUT2D eigenvalue weighted by molar-refractivity contribution is -0.151. The summed E-state index contributed by atoms with van der Waals surface area (Å²) in [5.74, 6) is 1.18. The lowest BCUT2D eigenvalue weighted by Crippen LogP contribution is -2.51. The molecule has 0 spiro atoms.